The summed E-state index contributed by atoms with van der Waals surface area (Å²) in [6, 6.07) is 0. The molecule has 15 heteroatoms. The molecule has 52 heavy (non-hydrogen) atoms. The van der Waals surface area contributed by atoms with Crippen LogP contribution in [0.1, 0.15) is 67.2 Å². The Kier molecular flexibility index (Phi) is 11.1. The van der Waals surface area contributed by atoms with E-state index in [1.54, 1.807) is 13.0 Å². The fourth-order valence-corrected chi connectivity index (χ4v) is 7.71. The van der Waals surface area contributed by atoms with Crippen molar-refractivity contribution in [3.05, 3.63) is 80.5 Å². The number of fused-ring (bicyclic) bond motifs is 5. The normalized spacial score (nSPS) is 25.2. The molecule has 0 aromatic heterocycles. The van der Waals surface area contributed by atoms with Crippen LogP contribution in [-0.4, -0.2) is 72.4 Å². The number of esters is 1. The topological polar surface area (TPSA) is 219 Å². The van der Waals surface area contributed by atoms with Gasteiger partial charge in [-0.1, -0.05) is 20.8 Å². The van der Waals surface area contributed by atoms with Gasteiger partial charge < -0.3 is 25.6 Å². The van der Waals surface area contributed by atoms with Crippen molar-refractivity contribution in [1.29, 1.82) is 0 Å². The molecule has 1 fully saturated rings. The number of ketones is 1. The Morgan fingerprint density at radius 1 is 1.00 bits per heavy atom. The van der Waals surface area contributed by atoms with Crippen molar-refractivity contribution in [2.45, 2.75) is 67.2 Å². The molecule has 5 rings (SSSR count). The Morgan fingerprint density at radius 3 is 2.33 bits per heavy atom. The molecule has 0 spiro atoms. The number of carboxylic acid groups (broad SMARTS) is 1. The lowest BCUT2D eigenvalue weighted by Gasteiger charge is -2.20. The third-order valence-corrected chi connectivity index (χ3v) is 10.9. The maximum Gasteiger partial charge on any atom is 0.310 e. The molecule has 0 amide bonds. The number of ether oxygens (including phenoxy) is 2. The van der Waals surface area contributed by atoms with Crippen LogP contribution in [0, 0.1) is 23.7 Å². The summed E-state index contributed by atoms with van der Waals surface area (Å²) in [6.07, 6.45) is 6.08. The summed E-state index contributed by atoms with van der Waals surface area (Å²) < 4.78 is 43.1. The van der Waals surface area contributed by atoms with Crippen LogP contribution >= 0.6 is 0 Å². The molecule has 0 radical (unpaired) electrons. The number of nitrogens with one attached hydrogen (secondary N) is 1. The van der Waals surface area contributed by atoms with Crippen molar-refractivity contribution in [3.8, 4) is 0 Å². The number of rotatable bonds is 11. The van der Waals surface area contributed by atoms with Crippen molar-refractivity contribution < 1.29 is 41.9 Å². The Bertz CT molecular complexity index is 2060. The summed E-state index contributed by atoms with van der Waals surface area (Å²) >= 11 is 0. The average Bonchev–Trinajstić information content (AvgIpc) is 3.74. The fourth-order valence-electron chi connectivity index (χ4n) is 7.41. The van der Waals surface area contributed by atoms with E-state index in [0.29, 0.717) is 56.4 Å². The highest BCUT2D eigenvalue weighted by atomic mass is 32.2. The van der Waals surface area contributed by atoms with Gasteiger partial charge in [0, 0.05) is 58.3 Å². The number of nitrogens with zero attached hydrogens (tertiary/aromatic N) is 3. The monoisotopic (exact) mass is 735 g/mol. The molecule has 4 atom stereocenters. The molecule has 5 N–H and O–H groups in total. The molecule has 278 valence electrons. The number of hydrogen-bond donors (Lipinski definition) is 4. The highest BCUT2D eigenvalue weighted by Crippen LogP contribution is 2.44. The molecule has 14 nitrogen and oxygen atoms in total. The first-order valence-corrected chi connectivity index (χ1v) is 18.8. The van der Waals surface area contributed by atoms with Gasteiger partial charge in [0.1, 0.15) is 12.4 Å². The maximum absolute atomic E-state index is 13.1. The van der Waals surface area contributed by atoms with E-state index in [4.69, 9.17) is 30.2 Å². The van der Waals surface area contributed by atoms with Crippen molar-refractivity contribution in [3.63, 3.8) is 0 Å². The Morgan fingerprint density at radius 2 is 1.71 bits per heavy atom. The van der Waals surface area contributed by atoms with Gasteiger partial charge in [-0.2, -0.15) is 8.42 Å². The summed E-state index contributed by atoms with van der Waals surface area (Å²) in [4.78, 5) is 53.0. The van der Waals surface area contributed by atoms with Gasteiger partial charge in [-0.05, 0) is 63.0 Å². The van der Waals surface area contributed by atoms with Gasteiger partial charge in [-0.15, -0.1) is 0 Å². The zero-order valence-corrected chi connectivity index (χ0v) is 31.2. The zero-order chi connectivity index (χ0) is 38.2. The van der Waals surface area contributed by atoms with E-state index in [9.17, 15) is 32.5 Å². The second kappa shape index (κ2) is 15.0. The first-order chi connectivity index (χ1) is 24.4. The first-order valence-electron chi connectivity index (χ1n) is 17.2. The third kappa shape index (κ3) is 7.65. The number of hydrogen-bond acceptors (Lipinski definition) is 12. The summed E-state index contributed by atoms with van der Waals surface area (Å²) in [5.74, 6) is -3.40. The highest BCUT2D eigenvalue weighted by molar-refractivity contribution is 7.85. The predicted octanol–water partition coefficient (Wildman–Crippen LogP) is 4.47. The fraction of sp³-hybridized carbons (Fsp3) is 0.459. The van der Waals surface area contributed by atoms with Crippen LogP contribution in [0.15, 0.2) is 95.4 Å². The Labute approximate surface area is 303 Å². The second-order valence-corrected chi connectivity index (χ2v) is 15.1. The molecule has 0 aromatic rings. The van der Waals surface area contributed by atoms with Gasteiger partial charge in [0.25, 0.3) is 10.1 Å². The summed E-state index contributed by atoms with van der Waals surface area (Å²) in [6.45, 7) is 10.8. The van der Waals surface area contributed by atoms with Crippen LogP contribution in [0.2, 0.25) is 0 Å². The minimum absolute atomic E-state index is 0.0261. The summed E-state index contributed by atoms with van der Waals surface area (Å²) in [5.41, 5.74) is 13.5. The number of Topliss-reactive ketones (excluding diaryl/α,β-unsaturated/α-hetero) is 1. The quantitative estimate of drug-likeness (QED) is 0.132. The molecule has 0 saturated carbocycles. The molecule has 8 bridgehead atoms. The van der Waals surface area contributed by atoms with Crippen LogP contribution in [0.3, 0.4) is 0 Å². The van der Waals surface area contributed by atoms with Crippen LogP contribution in [-0.2, 0) is 34.0 Å². The van der Waals surface area contributed by atoms with Crippen LogP contribution in [0.25, 0.3) is 0 Å². The molecule has 1 saturated heterocycles. The number of aliphatic imine (C=N–C) groups is 3. The van der Waals surface area contributed by atoms with Crippen molar-refractivity contribution in [1.82, 2.24) is 5.32 Å². The van der Waals surface area contributed by atoms with Gasteiger partial charge in [-0.3, -0.25) is 23.9 Å². The van der Waals surface area contributed by atoms with Gasteiger partial charge in [0.15, 0.2) is 11.7 Å². The van der Waals surface area contributed by atoms with Gasteiger partial charge in [0.2, 0.25) is 0 Å². The minimum atomic E-state index is -4.36. The molecule has 0 aliphatic carbocycles. The van der Waals surface area contributed by atoms with Crippen molar-refractivity contribution >= 4 is 45.0 Å². The molecule has 5 heterocycles. The first kappa shape index (κ1) is 38.3. The van der Waals surface area contributed by atoms with E-state index in [-0.39, 0.29) is 54.4 Å². The number of carbonyl (C=O) groups excluding carboxylic acids is 2. The predicted molar refractivity (Wildman–Crippen MR) is 195 cm³/mol. The van der Waals surface area contributed by atoms with E-state index in [2.05, 4.69) is 19.2 Å². The summed E-state index contributed by atoms with van der Waals surface area (Å²) in [7, 11) is -3.11. The number of methoxy groups -OCH3 is 1. The van der Waals surface area contributed by atoms with E-state index in [1.807, 2.05) is 26.0 Å². The standard InChI is InChI=1S/C37H45N5O9S/c1-8-22-17(2)25-16-30-33(21(6)43)19(4)27(40-30)14-26-18(3)23(9-10-31(44)45)35(41-26)24(13-32(46)50-7)36-34(37(38)51-11-12-52(47,48)49)20(5)28(42-36)15-29(22)39-25/h14-18,22-23,39H,8-13,38H2,1-7H3,(H,44,45)(H,47,48,49)/t17?,18?,22-,23+/m1/s1. The molecular formula is C37H45N5O9S. The van der Waals surface area contributed by atoms with Gasteiger partial charge in [0.05, 0.1) is 47.6 Å². The Hall–Kier alpha value is -4.89. The zero-order valence-electron chi connectivity index (χ0n) is 30.4. The molecular weight excluding hydrogens is 691 g/mol. The van der Waals surface area contributed by atoms with Crippen molar-refractivity contribution in [2.75, 3.05) is 19.5 Å². The molecule has 2 unspecified atom stereocenters. The second-order valence-electron chi connectivity index (χ2n) is 13.5. The minimum Gasteiger partial charge on any atom is -0.481 e. The number of carbonyl (C=O) groups is 3. The van der Waals surface area contributed by atoms with Crippen LogP contribution in [0.4, 0.5) is 0 Å². The molecule has 5 aliphatic rings. The van der Waals surface area contributed by atoms with E-state index >= 15 is 0 Å². The molecule has 0 aromatic carbocycles. The lowest BCUT2D eigenvalue weighted by atomic mass is 9.83. The van der Waals surface area contributed by atoms with Crippen LogP contribution < -0.4 is 11.1 Å². The smallest absolute Gasteiger partial charge is 0.310 e. The van der Waals surface area contributed by atoms with E-state index < -0.39 is 40.3 Å². The average molecular weight is 736 g/mol. The van der Waals surface area contributed by atoms with Crippen LogP contribution in [0.5, 0.6) is 0 Å². The van der Waals surface area contributed by atoms with E-state index in [0.717, 1.165) is 17.8 Å². The van der Waals surface area contributed by atoms with Gasteiger partial charge >= 0.3 is 11.9 Å². The lowest BCUT2D eigenvalue weighted by molar-refractivity contribution is -0.140. The number of allylic oxidation sites excluding steroid dienone is 10. The van der Waals surface area contributed by atoms with Crippen molar-refractivity contribution in [2.24, 2.45) is 44.4 Å². The number of aliphatic carboxylic acids is 1. The van der Waals surface area contributed by atoms with Gasteiger partial charge in [-0.25, -0.2) is 9.98 Å². The third-order valence-electron chi connectivity index (χ3n) is 10.3. The van der Waals surface area contributed by atoms with E-state index in [1.165, 1.54) is 14.0 Å². The number of carboxylic acids is 1. The molecule has 5 aliphatic heterocycles. The Balaban J connectivity index is 1.86. The lowest BCUT2D eigenvalue weighted by Crippen LogP contribution is -2.22. The maximum atomic E-state index is 13.1. The highest BCUT2D eigenvalue weighted by Gasteiger charge is 2.40. The summed E-state index contributed by atoms with van der Waals surface area (Å²) in [5, 5.41) is 13.3. The SMILES string of the molecule is CC[C@H]1C2=CC3=C(C)C(=C(N)OCCS(=O)(=O)O)C(=N3)C(CC(=O)OC)=C3N=C(C=C4N=C(C=C(N2)C1C)C(C(C)=O)=C4C)C(C)[C@@H]3CCC(=O)O. The number of nitrogens with two attached hydrogens (primary N) is 1. The largest absolute Gasteiger partial charge is 0.481 e.